The zero-order chi connectivity index (χ0) is 13.5. The SMILES string of the molecule is CN1CCC(CCNC2C3CCOC3C2(C)C)CC1. The Hall–Kier alpha value is -0.120. The Morgan fingerprint density at radius 1 is 1.21 bits per heavy atom. The van der Waals surface area contributed by atoms with E-state index >= 15 is 0 Å². The molecule has 2 aliphatic heterocycles. The van der Waals surface area contributed by atoms with Crippen LogP contribution in [0.15, 0.2) is 0 Å². The average molecular weight is 266 g/mol. The number of fused-ring (bicyclic) bond motifs is 1. The third-order valence-corrected chi connectivity index (χ3v) is 5.86. The van der Waals surface area contributed by atoms with Crippen molar-refractivity contribution in [3.8, 4) is 0 Å². The Kier molecular flexibility index (Phi) is 3.89. The van der Waals surface area contributed by atoms with Crippen LogP contribution >= 0.6 is 0 Å². The van der Waals surface area contributed by atoms with Crippen LogP contribution in [0.25, 0.3) is 0 Å². The summed E-state index contributed by atoms with van der Waals surface area (Å²) in [5.41, 5.74) is 0.341. The van der Waals surface area contributed by atoms with Gasteiger partial charge in [-0.3, -0.25) is 0 Å². The minimum absolute atomic E-state index is 0.341. The topological polar surface area (TPSA) is 24.5 Å². The van der Waals surface area contributed by atoms with Gasteiger partial charge in [0.1, 0.15) is 0 Å². The van der Waals surface area contributed by atoms with E-state index in [1.54, 1.807) is 0 Å². The monoisotopic (exact) mass is 266 g/mol. The summed E-state index contributed by atoms with van der Waals surface area (Å²) in [4.78, 5) is 2.46. The molecule has 3 unspecified atom stereocenters. The number of rotatable bonds is 4. The van der Waals surface area contributed by atoms with E-state index in [0.717, 1.165) is 18.4 Å². The van der Waals surface area contributed by atoms with Gasteiger partial charge < -0.3 is 15.0 Å². The molecule has 0 spiro atoms. The highest BCUT2D eigenvalue weighted by Gasteiger charge is 2.58. The Balaban J connectivity index is 1.41. The number of likely N-dealkylation sites (tertiary alicyclic amines) is 1. The summed E-state index contributed by atoms with van der Waals surface area (Å²) >= 11 is 0. The van der Waals surface area contributed by atoms with E-state index in [2.05, 4.69) is 31.1 Å². The maximum Gasteiger partial charge on any atom is 0.0685 e. The second kappa shape index (κ2) is 5.34. The minimum Gasteiger partial charge on any atom is -0.377 e. The van der Waals surface area contributed by atoms with Gasteiger partial charge in [0.15, 0.2) is 0 Å². The van der Waals surface area contributed by atoms with Gasteiger partial charge in [0.2, 0.25) is 0 Å². The zero-order valence-corrected chi connectivity index (χ0v) is 12.8. The van der Waals surface area contributed by atoms with E-state index in [1.807, 2.05) is 0 Å². The molecule has 3 atom stereocenters. The van der Waals surface area contributed by atoms with Gasteiger partial charge in [0, 0.05) is 24.0 Å². The molecule has 2 saturated heterocycles. The Labute approximate surface area is 118 Å². The molecule has 3 heteroatoms. The number of ether oxygens (including phenoxy) is 1. The van der Waals surface area contributed by atoms with Crippen molar-refractivity contribution in [1.29, 1.82) is 0 Å². The molecule has 19 heavy (non-hydrogen) atoms. The molecule has 3 fully saturated rings. The van der Waals surface area contributed by atoms with Crippen molar-refractivity contribution in [2.24, 2.45) is 17.3 Å². The molecular formula is C16H30N2O. The van der Waals surface area contributed by atoms with E-state index < -0.39 is 0 Å². The highest BCUT2D eigenvalue weighted by molar-refractivity contribution is 5.11. The highest BCUT2D eigenvalue weighted by atomic mass is 16.5. The molecule has 3 nitrogen and oxygen atoms in total. The van der Waals surface area contributed by atoms with Gasteiger partial charge in [-0.1, -0.05) is 13.8 Å². The summed E-state index contributed by atoms with van der Waals surface area (Å²) in [6.45, 7) is 9.49. The first-order chi connectivity index (χ1) is 9.09. The first-order valence-electron chi connectivity index (χ1n) is 8.12. The number of hydrogen-bond acceptors (Lipinski definition) is 3. The predicted molar refractivity (Wildman–Crippen MR) is 78.3 cm³/mol. The maximum absolute atomic E-state index is 5.86. The third-order valence-electron chi connectivity index (χ3n) is 5.86. The molecule has 110 valence electrons. The Morgan fingerprint density at radius 3 is 2.68 bits per heavy atom. The van der Waals surface area contributed by atoms with E-state index in [4.69, 9.17) is 4.74 Å². The molecule has 0 radical (unpaired) electrons. The number of piperidine rings is 1. The van der Waals surface area contributed by atoms with E-state index in [9.17, 15) is 0 Å². The van der Waals surface area contributed by atoms with Gasteiger partial charge in [-0.15, -0.1) is 0 Å². The predicted octanol–water partition coefficient (Wildman–Crippen LogP) is 2.12. The fraction of sp³-hybridized carbons (Fsp3) is 1.00. The van der Waals surface area contributed by atoms with Crippen LogP contribution in [-0.2, 0) is 4.74 Å². The standard InChI is InChI=1S/C16H30N2O/c1-16(2)14(13-7-11-19-15(13)16)17-8-4-12-5-9-18(3)10-6-12/h12-15,17H,4-11H2,1-3H3. The molecule has 0 bridgehead atoms. The van der Waals surface area contributed by atoms with Crippen LogP contribution in [0.4, 0.5) is 0 Å². The first-order valence-corrected chi connectivity index (χ1v) is 8.12. The van der Waals surface area contributed by atoms with Gasteiger partial charge in [0.25, 0.3) is 0 Å². The Morgan fingerprint density at radius 2 is 1.95 bits per heavy atom. The lowest BCUT2D eigenvalue weighted by atomic mass is 9.57. The highest BCUT2D eigenvalue weighted by Crippen LogP contribution is 2.52. The summed E-state index contributed by atoms with van der Waals surface area (Å²) < 4.78 is 5.86. The van der Waals surface area contributed by atoms with Crippen LogP contribution in [-0.4, -0.2) is 50.3 Å². The van der Waals surface area contributed by atoms with E-state index in [-0.39, 0.29) is 0 Å². The zero-order valence-electron chi connectivity index (χ0n) is 12.8. The van der Waals surface area contributed by atoms with Crippen molar-refractivity contribution < 1.29 is 4.74 Å². The molecular weight excluding hydrogens is 236 g/mol. The quantitative estimate of drug-likeness (QED) is 0.843. The number of nitrogens with zero attached hydrogens (tertiary/aromatic N) is 1. The lowest BCUT2D eigenvalue weighted by molar-refractivity contribution is -0.112. The smallest absolute Gasteiger partial charge is 0.0685 e. The number of nitrogens with one attached hydrogen (secondary N) is 1. The molecule has 0 aromatic heterocycles. The molecule has 1 N–H and O–H groups in total. The fourth-order valence-corrected chi connectivity index (χ4v) is 4.53. The van der Waals surface area contributed by atoms with E-state index in [1.165, 1.54) is 45.3 Å². The first kappa shape index (κ1) is 13.8. The van der Waals surface area contributed by atoms with Crippen LogP contribution in [0, 0.1) is 17.3 Å². The summed E-state index contributed by atoms with van der Waals surface area (Å²) in [7, 11) is 2.24. The van der Waals surface area contributed by atoms with Gasteiger partial charge in [-0.05, 0) is 58.3 Å². The molecule has 0 amide bonds. The van der Waals surface area contributed by atoms with Crippen LogP contribution < -0.4 is 5.32 Å². The number of hydrogen-bond donors (Lipinski definition) is 1. The fourth-order valence-electron chi connectivity index (χ4n) is 4.53. The Bertz CT molecular complexity index is 310. The minimum atomic E-state index is 0.341. The van der Waals surface area contributed by atoms with Crippen molar-refractivity contribution >= 4 is 0 Å². The second-order valence-electron chi connectivity index (χ2n) is 7.53. The van der Waals surface area contributed by atoms with Gasteiger partial charge in [0.05, 0.1) is 6.10 Å². The summed E-state index contributed by atoms with van der Waals surface area (Å²) in [6, 6.07) is 0.686. The van der Waals surface area contributed by atoms with Crippen molar-refractivity contribution in [1.82, 2.24) is 10.2 Å². The molecule has 3 rings (SSSR count). The molecule has 0 aromatic carbocycles. The second-order valence-corrected chi connectivity index (χ2v) is 7.53. The molecule has 3 aliphatic rings. The van der Waals surface area contributed by atoms with Crippen LogP contribution in [0.2, 0.25) is 0 Å². The van der Waals surface area contributed by atoms with Crippen molar-refractivity contribution in [3.05, 3.63) is 0 Å². The average Bonchev–Trinajstić information content (AvgIpc) is 2.83. The van der Waals surface area contributed by atoms with Gasteiger partial charge >= 0.3 is 0 Å². The molecule has 2 heterocycles. The van der Waals surface area contributed by atoms with Crippen LogP contribution in [0.3, 0.4) is 0 Å². The van der Waals surface area contributed by atoms with Crippen LogP contribution in [0.5, 0.6) is 0 Å². The van der Waals surface area contributed by atoms with E-state index in [0.29, 0.717) is 17.6 Å². The maximum atomic E-state index is 5.86. The van der Waals surface area contributed by atoms with Crippen LogP contribution in [0.1, 0.15) is 39.5 Å². The van der Waals surface area contributed by atoms with Crippen molar-refractivity contribution in [2.75, 3.05) is 33.3 Å². The van der Waals surface area contributed by atoms with Gasteiger partial charge in [-0.2, -0.15) is 0 Å². The normalized spacial score (nSPS) is 39.0. The summed E-state index contributed by atoms with van der Waals surface area (Å²) in [5, 5.41) is 3.85. The van der Waals surface area contributed by atoms with Gasteiger partial charge in [-0.25, -0.2) is 0 Å². The molecule has 0 aromatic rings. The summed E-state index contributed by atoms with van der Waals surface area (Å²) in [6.07, 6.45) is 5.93. The van der Waals surface area contributed by atoms with Crippen molar-refractivity contribution in [3.63, 3.8) is 0 Å². The third kappa shape index (κ3) is 2.57. The summed E-state index contributed by atoms with van der Waals surface area (Å²) in [5.74, 6) is 1.73. The molecule has 1 saturated carbocycles. The lowest BCUT2D eigenvalue weighted by Crippen LogP contribution is -2.65. The van der Waals surface area contributed by atoms with Crippen molar-refractivity contribution in [2.45, 2.75) is 51.7 Å². The largest absolute Gasteiger partial charge is 0.377 e. The molecule has 1 aliphatic carbocycles. The lowest BCUT2D eigenvalue weighted by Gasteiger charge is -2.55.